The van der Waals surface area contributed by atoms with E-state index in [0.29, 0.717) is 6.54 Å². The topological polar surface area (TPSA) is 64.4 Å². The van der Waals surface area contributed by atoms with E-state index in [2.05, 4.69) is 5.32 Å². The molecule has 1 aliphatic rings. The van der Waals surface area contributed by atoms with Gasteiger partial charge < -0.3 is 10.1 Å². The predicted octanol–water partition coefficient (Wildman–Crippen LogP) is 1.47. The summed E-state index contributed by atoms with van der Waals surface area (Å²) in [6, 6.07) is 3.69. The van der Waals surface area contributed by atoms with Crippen LogP contribution in [-0.2, 0) is 0 Å². The summed E-state index contributed by atoms with van der Waals surface area (Å²) in [6.45, 7) is 1.37. The zero-order valence-corrected chi connectivity index (χ0v) is 8.48. The van der Waals surface area contributed by atoms with Crippen molar-refractivity contribution in [3.63, 3.8) is 0 Å². The Hall–Kier alpha value is -1.69. The molecule has 0 bridgehead atoms. The summed E-state index contributed by atoms with van der Waals surface area (Å²) in [4.78, 5) is 10.1. The summed E-state index contributed by atoms with van der Waals surface area (Å²) in [5.74, 6) is -0.956. The van der Waals surface area contributed by atoms with E-state index in [1.807, 2.05) is 0 Å². The minimum Gasteiger partial charge on any atom is -0.480 e. The van der Waals surface area contributed by atoms with Crippen LogP contribution in [0.2, 0.25) is 0 Å². The quantitative estimate of drug-likeness (QED) is 0.626. The number of nitrogens with one attached hydrogen (secondary N) is 1. The highest BCUT2D eigenvalue weighted by Crippen LogP contribution is 2.31. The molecule has 1 fully saturated rings. The standard InChI is InChI=1S/C10H11FN2O3/c11-8-2-1-3-9(13(14)15)10(8)16-7-4-5-12-6-7/h1-3,7,12H,4-6H2. The monoisotopic (exact) mass is 226 g/mol. The summed E-state index contributed by atoms with van der Waals surface area (Å²) in [5.41, 5.74) is -0.327. The van der Waals surface area contributed by atoms with Crippen molar-refractivity contribution in [1.82, 2.24) is 5.32 Å². The number of nitro groups is 1. The van der Waals surface area contributed by atoms with Crippen LogP contribution in [0.25, 0.3) is 0 Å². The van der Waals surface area contributed by atoms with Crippen LogP contribution in [-0.4, -0.2) is 24.1 Å². The first-order valence-electron chi connectivity index (χ1n) is 4.99. The van der Waals surface area contributed by atoms with Gasteiger partial charge in [-0.15, -0.1) is 0 Å². The normalized spacial score (nSPS) is 19.7. The van der Waals surface area contributed by atoms with Crippen molar-refractivity contribution in [3.8, 4) is 5.75 Å². The zero-order chi connectivity index (χ0) is 11.5. The van der Waals surface area contributed by atoms with Gasteiger partial charge in [-0.05, 0) is 19.0 Å². The van der Waals surface area contributed by atoms with Crippen LogP contribution in [0, 0.1) is 15.9 Å². The molecule has 1 aromatic carbocycles. The van der Waals surface area contributed by atoms with Crippen molar-refractivity contribution in [1.29, 1.82) is 0 Å². The lowest BCUT2D eigenvalue weighted by Gasteiger charge is -2.12. The van der Waals surface area contributed by atoms with Crippen LogP contribution in [0.4, 0.5) is 10.1 Å². The molecule has 0 aromatic heterocycles. The second-order valence-corrected chi connectivity index (χ2v) is 3.58. The lowest BCUT2D eigenvalue weighted by atomic mass is 10.2. The third-order valence-electron chi connectivity index (χ3n) is 2.44. The third-order valence-corrected chi connectivity index (χ3v) is 2.44. The summed E-state index contributed by atoms with van der Waals surface area (Å²) in [7, 11) is 0. The van der Waals surface area contributed by atoms with Crippen LogP contribution in [0.5, 0.6) is 5.75 Å². The minimum atomic E-state index is -0.693. The molecule has 1 heterocycles. The molecule has 0 aliphatic carbocycles. The fraction of sp³-hybridized carbons (Fsp3) is 0.400. The SMILES string of the molecule is O=[N+]([O-])c1cccc(F)c1OC1CCNC1. The highest BCUT2D eigenvalue weighted by molar-refractivity contribution is 5.47. The van der Waals surface area contributed by atoms with E-state index >= 15 is 0 Å². The third kappa shape index (κ3) is 2.11. The Labute approximate surface area is 91.4 Å². The average molecular weight is 226 g/mol. The van der Waals surface area contributed by atoms with Crippen LogP contribution in [0.1, 0.15) is 6.42 Å². The van der Waals surface area contributed by atoms with Crippen LogP contribution < -0.4 is 10.1 Å². The Balaban J connectivity index is 2.26. The Morgan fingerprint density at radius 1 is 1.56 bits per heavy atom. The minimum absolute atomic E-state index is 0.199. The molecule has 2 rings (SSSR count). The number of para-hydroxylation sites is 1. The molecule has 0 spiro atoms. The molecule has 6 heteroatoms. The van der Waals surface area contributed by atoms with Gasteiger partial charge in [0.15, 0.2) is 5.82 Å². The number of rotatable bonds is 3. The lowest BCUT2D eigenvalue weighted by Crippen LogP contribution is -2.20. The molecule has 1 aliphatic heterocycles. The number of hydrogen-bond acceptors (Lipinski definition) is 4. The van der Waals surface area contributed by atoms with Gasteiger partial charge >= 0.3 is 5.69 Å². The first-order chi connectivity index (χ1) is 7.68. The summed E-state index contributed by atoms with van der Waals surface area (Å²) >= 11 is 0. The van der Waals surface area contributed by atoms with Gasteiger partial charge in [-0.3, -0.25) is 10.1 Å². The fourth-order valence-electron chi connectivity index (χ4n) is 1.65. The predicted molar refractivity (Wildman–Crippen MR) is 55.0 cm³/mol. The summed E-state index contributed by atoms with van der Waals surface area (Å²) in [6.07, 6.45) is 0.529. The van der Waals surface area contributed by atoms with Crippen molar-refractivity contribution in [3.05, 3.63) is 34.1 Å². The summed E-state index contributed by atoms with van der Waals surface area (Å²) in [5, 5.41) is 13.7. The Morgan fingerprint density at radius 3 is 3.00 bits per heavy atom. The van der Waals surface area contributed by atoms with E-state index in [-0.39, 0.29) is 17.5 Å². The average Bonchev–Trinajstić information content (AvgIpc) is 2.73. The second-order valence-electron chi connectivity index (χ2n) is 3.58. The highest BCUT2D eigenvalue weighted by atomic mass is 19.1. The van der Waals surface area contributed by atoms with Gasteiger partial charge in [0.2, 0.25) is 5.75 Å². The van der Waals surface area contributed by atoms with E-state index in [9.17, 15) is 14.5 Å². The fourth-order valence-corrected chi connectivity index (χ4v) is 1.65. The van der Waals surface area contributed by atoms with E-state index in [1.165, 1.54) is 12.1 Å². The number of halogens is 1. The van der Waals surface area contributed by atoms with Gasteiger partial charge in [-0.25, -0.2) is 4.39 Å². The number of ether oxygens (including phenoxy) is 1. The molecule has 5 nitrogen and oxygen atoms in total. The van der Waals surface area contributed by atoms with Crippen molar-refractivity contribution in [2.75, 3.05) is 13.1 Å². The van der Waals surface area contributed by atoms with Crippen LogP contribution in [0.3, 0.4) is 0 Å². The molecule has 86 valence electrons. The molecular formula is C10H11FN2O3. The molecule has 0 amide bonds. The second kappa shape index (κ2) is 4.44. The Kier molecular flexibility index (Phi) is 3.00. The first kappa shape index (κ1) is 10.8. The molecule has 1 aromatic rings. The van der Waals surface area contributed by atoms with E-state index in [1.54, 1.807) is 0 Å². The molecule has 1 N–H and O–H groups in total. The van der Waals surface area contributed by atoms with Gasteiger partial charge in [0.1, 0.15) is 6.10 Å². The first-order valence-corrected chi connectivity index (χ1v) is 4.99. The number of benzene rings is 1. The molecule has 1 unspecified atom stereocenters. The largest absolute Gasteiger partial charge is 0.480 e. The maximum absolute atomic E-state index is 13.4. The zero-order valence-electron chi connectivity index (χ0n) is 8.48. The van der Waals surface area contributed by atoms with Crippen molar-refractivity contribution in [2.24, 2.45) is 0 Å². The maximum atomic E-state index is 13.4. The maximum Gasteiger partial charge on any atom is 0.314 e. The van der Waals surface area contributed by atoms with Crippen molar-refractivity contribution < 1.29 is 14.1 Å². The van der Waals surface area contributed by atoms with Crippen LogP contribution >= 0.6 is 0 Å². The van der Waals surface area contributed by atoms with Gasteiger partial charge in [0.25, 0.3) is 0 Å². The molecular weight excluding hydrogens is 215 g/mol. The van der Waals surface area contributed by atoms with E-state index < -0.39 is 10.7 Å². The Bertz CT molecular complexity index is 405. The van der Waals surface area contributed by atoms with Crippen molar-refractivity contribution in [2.45, 2.75) is 12.5 Å². The molecule has 16 heavy (non-hydrogen) atoms. The van der Waals surface area contributed by atoms with Gasteiger partial charge in [-0.1, -0.05) is 6.07 Å². The molecule has 0 saturated carbocycles. The number of hydrogen-bond donors (Lipinski definition) is 1. The number of nitro benzene ring substituents is 1. The van der Waals surface area contributed by atoms with E-state index in [0.717, 1.165) is 19.0 Å². The smallest absolute Gasteiger partial charge is 0.314 e. The van der Waals surface area contributed by atoms with Gasteiger partial charge in [0, 0.05) is 12.6 Å². The van der Waals surface area contributed by atoms with E-state index in [4.69, 9.17) is 4.74 Å². The lowest BCUT2D eigenvalue weighted by molar-refractivity contribution is -0.386. The molecule has 1 saturated heterocycles. The number of nitrogens with zero attached hydrogens (tertiary/aromatic N) is 1. The van der Waals surface area contributed by atoms with Crippen LogP contribution in [0.15, 0.2) is 18.2 Å². The van der Waals surface area contributed by atoms with Gasteiger partial charge in [0.05, 0.1) is 4.92 Å². The summed E-state index contributed by atoms with van der Waals surface area (Å²) < 4.78 is 18.7. The Morgan fingerprint density at radius 2 is 2.38 bits per heavy atom. The molecule has 0 radical (unpaired) electrons. The highest BCUT2D eigenvalue weighted by Gasteiger charge is 2.24. The van der Waals surface area contributed by atoms with Crippen molar-refractivity contribution >= 4 is 5.69 Å². The molecule has 1 atom stereocenters. The van der Waals surface area contributed by atoms with Gasteiger partial charge in [-0.2, -0.15) is 0 Å².